The van der Waals surface area contributed by atoms with Gasteiger partial charge in [0, 0.05) is 4.88 Å². The zero-order valence-electron chi connectivity index (χ0n) is 8.69. The predicted molar refractivity (Wildman–Crippen MR) is 66.0 cm³/mol. The number of aryl methyl sites for hydroxylation is 1. The molecule has 1 unspecified atom stereocenters. The average molecular weight is 239 g/mol. The number of thiophene rings is 2. The van der Waals surface area contributed by atoms with Gasteiger partial charge in [-0.1, -0.05) is 0 Å². The van der Waals surface area contributed by atoms with Gasteiger partial charge in [0.2, 0.25) is 0 Å². The van der Waals surface area contributed by atoms with Crippen LogP contribution in [0.5, 0.6) is 5.75 Å². The number of ether oxygens (including phenoxy) is 1. The second-order valence-electron chi connectivity index (χ2n) is 3.26. The predicted octanol–water partition coefficient (Wildman–Crippen LogP) is 3.17. The van der Waals surface area contributed by atoms with Crippen LogP contribution in [0.25, 0.3) is 0 Å². The number of nitrogens with two attached hydrogens (primary N) is 1. The van der Waals surface area contributed by atoms with Crippen molar-refractivity contribution >= 4 is 22.7 Å². The van der Waals surface area contributed by atoms with Gasteiger partial charge in [-0.15, -0.1) is 22.7 Å². The monoisotopic (exact) mass is 239 g/mol. The van der Waals surface area contributed by atoms with Gasteiger partial charge in [-0.05, 0) is 35.4 Å². The van der Waals surface area contributed by atoms with Crippen LogP contribution in [0.4, 0.5) is 0 Å². The van der Waals surface area contributed by atoms with Gasteiger partial charge < -0.3 is 10.5 Å². The smallest absolute Gasteiger partial charge is 0.134 e. The maximum atomic E-state index is 6.22. The van der Waals surface area contributed by atoms with E-state index < -0.39 is 0 Å². The van der Waals surface area contributed by atoms with Crippen molar-refractivity contribution in [3.8, 4) is 5.75 Å². The Balaban J connectivity index is 2.36. The highest BCUT2D eigenvalue weighted by molar-refractivity contribution is 7.10. The van der Waals surface area contributed by atoms with Crippen LogP contribution in [0.15, 0.2) is 22.9 Å². The summed E-state index contributed by atoms with van der Waals surface area (Å²) >= 11 is 3.37. The van der Waals surface area contributed by atoms with Gasteiger partial charge in [-0.2, -0.15) is 0 Å². The zero-order valence-corrected chi connectivity index (χ0v) is 10.3. The number of hydrogen-bond donors (Lipinski definition) is 1. The van der Waals surface area contributed by atoms with Crippen molar-refractivity contribution in [2.75, 3.05) is 7.11 Å². The number of hydrogen-bond acceptors (Lipinski definition) is 4. The van der Waals surface area contributed by atoms with Crippen molar-refractivity contribution in [1.82, 2.24) is 0 Å². The lowest BCUT2D eigenvalue weighted by molar-refractivity contribution is 0.411. The fourth-order valence-corrected chi connectivity index (χ4v) is 3.19. The largest absolute Gasteiger partial charge is 0.496 e. The molecule has 2 heterocycles. The summed E-state index contributed by atoms with van der Waals surface area (Å²) in [5, 5.41) is 4.08. The molecule has 80 valence electrons. The van der Waals surface area contributed by atoms with E-state index in [-0.39, 0.29) is 6.04 Å². The molecule has 2 nitrogen and oxygen atoms in total. The molecule has 1 atom stereocenters. The molecule has 0 bridgehead atoms. The van der Waals surface area contributed by atoms with Crippen molar-refractivity contribution in [3.05, 3.63) is 38.2 Å². The summed E-state index contributed by atoms with van der Waals surface area (Å²) in [4.78, 5) is 2.37. The summed E-state index contributed by atoms with van der Waals surface area (Å²) in [5.74, 6) is 0.887. The summed E-state index contributed by atoms with van der Waals surface area (Å²) < 4.78 is 5.28. The molecule has 2 N–H and O–H groups in total. The Morgan fingerprint density at radius 2 is 2.00 bits per heavy atom. The Hall–Kier alpha value is -0.840. The maximum absolute atomic E-state index is 6.22. The topological polar surface area (TPSA) is 35.2 Å². The molecule has 0 aliphatic carbocycles. The number of methoxy groups -OCH3 is 1. The van der Waals surface area contributed by atoms with Gasteiger partial charge in [-0.3, -0.25) is 0 Å². The molecule has 0 saturated carbocycles. The van der Waals surface area contributed by atoms with Crippen LogP contribution < -0.4 is 10.5 Å². The third-order valence-electron chi connectivity index (χ3n) is 2.39. The van der Waals surface area contributed by atoms with Crippen LogP contribution in [0.1, 0.15) is 21.4 Å². The Morgan fingerprint density at radius 3 is 2.60 bits per heavy atom. The fraction of sp³-hybridized carbons (Fsp3) is 0.273. The van der Waals surface area contributed by atoms with E-state index in [4.69, 9.17) is 10.5 Å². The second-order valence-corrected chi connectivity index (χ2v) is 5.33. The van der Waals surface area contributed by atoms with Gasteiger partial charge >= 0.3 is 0 Å². The standard InChI is InChI=1S/C11H13NOS2/c1-7-8(3-5-14-7)10(12)11-9(13-2)4-6-15-11/h3-6,10H,12H2,1-2H3. The van der Waals surface area contributed by atoms with Gasteiger partial charge in [0.1, 0.15) is 5.75 Å². The van der Waals surface area contributed by atoms with Crippen LogP contribution >= 0.6 is 22.7 Å². The van der Waals surface area contributed by atoms with Gasteiger partial charge in [-0.25, -0.2) is 0 Å². The molecular formula is C11H13NOS2. The normalized spacial score (nSPS) is 12.7. The molecule has 2 rings (SSSR count). The molecule has 0 aliphatic rings. The maximum Gasteiger partial charge on any atom is 0.134 e. The first-order chi connectivity index (χ1) is 7.24. The third kappa shape index (κ3) is 1.93. The Bertz CT molecular complexity index is 447. The minimum atomic E-state index is -0.0637. The van der Waals surface area contributed by atoms with Crippen LogP contribution in [-0.2, 0) is 0 Å². The Kier molecular flexibility index (Phi) is 3.09. The van der Waals surface area contributed by atoms with Crippen molar-refractivity contribution in [1.29, 1.82) is 0 Å². The third-order valence-corrected chi connectivity index (χ3v) is 4.24. The van der Waals surface area contributed by atoms with Gasteiger partial charge in [0.25, 0.3) is 0 Å². The summed E-state index contributed by atoms with van der Waals surface area (Å²) in [6.45, 7) is 2.10. The highest BCUT2D eigenvalue weighted by Gasteiger charge is 2.17. The molecule has 2 aromatic heterocycles. The lowest BCUT2D eigenvalue weighted by Crippen LogP contribution is -2.11. The molecule has 15 heavy (non-hydrogen) atoms. The molecule has 0 saturated heterocycles. The van der Waals surface area contributed by atoms with E-state index in [1.54, 1.807) is 29.8 Å². The molecule has 0 amide bonds. The van der Waals surface area contributed by atoms with E-state index >= 15 is 0 Å². The average Bonchev–Trinajstić information content (AvgIpc) is 2.84. The summed E-state index contributed by atoms with van der Waals surface area (Å²) in [6.07, 6.45) is 0. The van der Waals surface area contributed by atoms with Gasteiger partial charge in [0.15, 0.2) is 0 Å². The minimum absolute atomic E-state index is 0.0637. The van der Waals surface area contributed by atoms with E-state index in [0.29, 0.717) is 0 Å². The van der Waals surface area contributed by atoms with Gasteiger partial charge in [0.05, 0.1) is 18.0 Å². The first kappa shape index (κ1) is 10.7. The molecule has 4 heteroatoms. The lowest BCUT2D eigenvalue weighted by Gasteiger charge is -2.11. The first-order valence-corrected chi connectivity index (χ1v) is 6.41. The van der Waals surface area contributed by atoms with Crippen molar-refractivity contribution < 1.29 is 4.74 Å². The highest BCUT2D eigenvalue weighted by atomic mass is 32.1. The SMILES string of the molecule is COc1ccsc1C(N)c1ccsc1C. The van der Waals surface area contributed by atoms with E-state index in [0.717, 1.165) is 10.6 Å². The minimum Gasteiger partial charge on any atom is -0.496 e. The molecule has 2 aromatic rings. The first-order valence-electron chi connectivity index (χ1n) is 4.65. The van der Waals surface area contributed by atoms with Crippen molar-refractivity contribution in [3.63, 3.8) is 0 Å². The van der Waals surface area contributed by atoms with Crippen molar-refractivity contribution in [2.24, 2.45) is 5.73 Å². The quantitative estimate of drug-likeness (QED) is 0.893. The Morgan fingerprint density at radius 1 is 1.27 bits per heavy atom. The lowest BCUT2D eigenvalue weighted by atomic mass is 10.1. The summed E-state index contributed by atoms with van der Waals surface area (Å²) in [5.41, 5.74) is 7.41. The van der Waals surface area contributed by atoms with Crippen LogP contribution in [0, 0.1) is 6.92 Å². The zero-order chi connectivity index (χ0) is 10.8. The summed E-state index contributed by atoms with van der Waals surface area (Å²) in [6, 6.07) is 3.98. The van der Waals surface area contributed by atoms with E-state index in [9.17, 15) is 0 Å². The van der Waals surface area contributed by atoms with E-state index in [1.165, 1.54) is 10.4 Å². The molecule has 0 fully saturated rings. The molecule has 0 aromatic carbocycles. The number of rotatable bonds is 3. The van der Waals surface area contributed by atoms with E-state index in [2.05, 4.69) is 18.4 Å². The van der Waals surface area contributed by atoms with Crippen molar-refractivity contribution in [2.45, 2.75) is 13.0 Å². The Labute approximate surface area is 97.3 Å². The molecule has 0 spiro atoms. The summed E-state index contributed by atoms with van der Waals surface area (Å²) in [7, 11) is 1.68. The fourth-order valence-electron chi connectivity index (χ4n) is 1.56. The second kappa shape index (κ2) is 4.35. The van der Waals surface area contributed by atoms with E-state index in [1.807, 2.05) is 11.4 Å². The molecular weight excluding hydrogens is 226 g/mol. The molecule has 0 aliphatic heterocycles. The molecule has 0 radical (unpaired) electrons. The van der Waals surface area contributed by atoms with Crippen LogP contribution in [0.3, 0.4) is 0 Å². The van der Waals surface area contributed by atoms with Crippen LogP contribution in [0.2, 0.25) is 0 Å². The highest BCUT2D eigenvalue weighted by Crippen LogP contribution is 2.35. The van der Waals surface area contributed by atoms with Crippen LogP contribution in [-0.4, -0.2) is 7.11 Å².